The van der Waals surface area contributed by atoms with Gasteiger partial charge in [-0.1, -0.05) is 12.1 Å². The Morgan fingerprint density at radius 1 is 1.22 bits per heavy atom. The molecule has 2 heterocycles. The zero-order valence-corrected chi connectivity index (χ0v) is 20.7. The van der Waals surface area contributed by atoms with Gasteiger partial charge in [0.1, 0.15) is 5.75 Å². The summed E-state index contributed by atoms with van der Waals surface area (Å²) in [6.45, 7) is 3.14. The summed E-state index contributed by atoms with van der Waals surface area (Å²) in [6, 6.07) is 10.1. The van der Waals surface area contributed by atoms with E-state index in [1.54, 1.807) is 36.9 Å². The van der Waals surface area contributed by atoms with E-state index in [0.717, 1.165) is 29.1 Å². The average molecular weight is 521 g/mol. The fourth-order valence-corrected chi connectivity index (χ4v) is 5.07. The molecule has 11 heteroatoms. The summed E-state index contributed by atoms with van der Waals surface area (Å²) in [4.78, 5) is 18.7. The molecule has 4 rings (SSSR count). The Bertz CT molecular complexity index is 1180. The lowest BCUT2D eigenvalue weighted by atomic mass is 10.0. The highest BCUT2D eigenvalue weighted by atomic mass is 32.2. The molecule has 0 bridgehead atoms. The third kappa shape index (κ3) is 6.07. The van der Waals surface area contributed by atoms with E-state index in [4.69, 9.17) is 9.15 Å². The number of nitrogens with one attached hydrogen (secondary N) is 2. The number of aryl methyl sites for hydroxylation is 1. The van der Waals surface area contributed by atoms with Crippen molar-refractivity contribution in [3.8, 4) is 17.1 Å². The van der Waals surface area contributed by atoms with Crippen LogP contribution in [0, 0.1) is 6.92 Å². The second-order valence-corrected chi connectivity index (χ2v) is 9.37. The molecule has 7 nitrogen and oxygen atoms in total. The number of hydrogen-bond donors (Lipinski definition) is 2. The van der Waals surface area contributed by atoms with Crippen LogP contribution in [-0.4, -0.2) is 54.2 Å². The van der Waals surface area contributed by atoms with Crippen molar-refractivity contribution >= 4 is 23.5 Å². The van der Waals surface area contributed by atoms with Crippen LogP contribution in [0.1, 0.15) is 23.1 Å². The Hall–Kier alpha value is -3.34. The number of aromatic nitrogens is 1. The maximum absolute atomic E-state index is 12.9. The first-order valence-corrected chi connectivity index (χ1v) is 12.6. The molecule has 0 radical (unpaired) electrons. The largest absolute Gasteiger partial charge is 0.496 e. The number of thioether (sulfide) groups is 1. The van der Waals surface area contributed by atoms with E-state index in [2.05, 4.69) is 15.6 Å². The number of ether oxygens (including phenoxy) is 1. The molecule has 0 spiro atoms. The van der Waals surface area contributed by atoms with Crippen molar-refractivity contribution in [2.45, 2.75) is 19.1 Å². The number of methoxy groups -OCH3 is 1. The van der Waals surface area contributed by atoms with Crippen LogP contribution in [0.2, 0.25) is 0 Å². The summed E-state index contributed by atoms with van der Waals surface area (Å²) < 4.78 is 49.8. The highest BCUT2D eigenvalue weighted by molar-refractivity contribution is 7.99. The van der Waals surface area contributed by atoms with Gasteiger partial charge in [-0.25, -0.2) is 9.78 Å². The van der Waals surface area contributed by atoms with Gasteiger partial charge >= 0.3 is 12.2 Å². The monoisotopic (exact) mass is 520 g/mol. The molecule has 1 fully saturated rings. The first-order chi connectivity index (χ1) is 17.3. The molecule has 0 saturated carbocycles. The first kappa shape index (κ1) is 25.7. The number of nitrogens with zero attached hydrogens (tertiary/aromatic N) is 2. The second-order valence-electron chi connectivity index (χ2n) is 8.22. The quantitative estimate of drug-likeness (QED) is 0.396. The number of oxazole rings is 1. The molecule has 3 aromatic rings. The van der Waals surface area contributed by atoms with Crippen LogP contribution in [0.15, 0.2) is 53.1 Å². The van der Waals surface area contributed by atoms with E-state index in [0.29, 0.717) is 48.4 Å². The van der Waals surface area contributed by atoms with E-state index in [1.165, 1.54) is 12.1 Å². The normalized spacial score (nSPS) is 16.0. The number of urea groups is 1. The highest BCUT2D eigenvalue weighted by Crippen LogP contribution is 2.34. The summed E-state index contributed by atoms with van der Waals surface area (Å²) in [7, 11) is 1.58. The minimum Gasteiger partial charge on any atom is -0.496 e. The number of carbonyl (C=O) groups excluding carboxylic acids is 1. The van der Waals surface area contributed by atoms with Crippen LogP contribution in [0.4, 0.5) is 23.7 Å². The molecular formula is C25H27F3N4O3S. The fourth-order valence-electron chi connectivity index (χ4n) is 3.99. The Morgan fingerprint density at radius 3 is 2.67 bits per heavy atom. The van der Waals surface area contributed by atoms with Gasteiger partial charge in [0.25, 0.3) is 0 Å². The molecule has 2 aromatic carbocycles. The Labute approximate surface area is 211 Å². The van der Waals surface area contributed by atoms with Crippen LogP contribution < -0.4 is 15.4 Å². The number of benzene rings is 2. The molecule has 1 aromatic heterocycles. The standard InChI is InChI=1S/C25H27F3N4O3S/c1-16-31-14-23(35-16)20-8-7-19(13-22(20)34-2)29-9-10-30-24(33)32-11-12-36-15-21(32)17-3-5-18(6-4-17)25(26,27)28/h3-8,13-14,21,29H,9-12,15H2,1-2H3,(H,30,33). The Balaban J connectivity index is 1.32. The zero-order valence-electron chi connectivity index (χ0n) is 19.9. The molecule has 36 heavy (non-hydrogen) atoms. The van der Waals surface area contributed by atoms with Crippen molar-refractivity contribution in [3.63, 3.8) is 0 Å². The van der Waals surface area contributed by atoms with Crippen molar-refractivity contribution in [3.05, 3.63) is 65.7 Å². The lowest BCUT2D eigenvalue weighted by Gasteiger charge is -2.35. The van der Waals surface area contributed by atoms with E-state index in [1.807, 2.05) is 18.2 Å². The average Bonchev–Trinajstić information content (AvgIpc) is 3.31. The summed E-state index contributed by atoms with van der Waals surface area (Å²) in [6.07, 6.45) is -2.74. The van der Waals surface area contributed by atoms with Crippen molar-refractivity contribution < 1.29 is 27.1 Å². The van der Waals surface area contributed by atoms with Gasteiger partial charge in [0.2, 0.25) is 0 Å². The third-order valence-corrected chi connectivity index (χ3v) is 6.85. The van der Waals surface area contributed by atoms with Crippen molar-refractivity contribution in [1.29, 1.82) is 0 Å². The van der Waals surface area contributed by atoms with Gasteiger partial charge in [0.05, 0.1) is 30.5 Å². The summed E-state index contributed by atoms with van der Waals surface area (Å²) >= 11 is 1.68. The second kappa shape index (κ2) is 11.2. The summed E-state index contributed by atoms with van der Waals surface area (Å²) in [5.41, 5.74) is 1.60. The number of halogens is 3. The van der Waals surface area contributed by atoms with Gasteiger partial charge in [0, 0.05) is 49.8 Å². The number of amides is 2. The minimum atomic E-state index is -4.39. The van der Waals surface area contributed by atoms with Gasteiger partial charge in [-0.15, -0.1) is 0 Å². The fraction of sp³-hybridized carbons (Fsp3) is 0.360. The van der Waals surface area contributed by atoms with Crippen molar-refractivity contribution in [2.75, 3.05) is 43.6 Å². The van der Waals surface area contributed by atoms with Crippen LogP contribution in [-0.2, 0) is 6.18 Å². The van der Waals surface area contributed by atoms with E-state index >= 15 is 0 Å². The molecule has 1 aliphatic heterocycles. The van der Waals surface area contributed by atoms with E-state index in [-0.39, 0.29) is 12.1 Å². The molecule has 1 atom stereocenters. The lowest BCUT2D eigenvalue weighted by Crippen LogP contribution is -2.47. The zero-order chi connectivity index (χ0) is 25.7. The Morgan fingerprint density at radius 2 is 2.00 bits per heavy atom. The molecule has 1 saturated heterocycles. The SMILES string of the molecule is COc1cc(NCCNC(=O)N2CCSCC2c2ccc(C(F)(F)F)cc2)ccc1-c1cnc(C)o1. The molecule has 192 valence electrons. The Kier molecular flexibility index (Phi) is 7.97. The molecule has 2 N–H and O–H groups in total. The maximum atomic E-state index is 12.9. The van der Waals surface area contributed by atoms with Crippen molar-refractivity contribution in [2.24, 2.45) is 0 Å². The maximum Gasteiger partial charge on any atom is 0.416 e. The first-order valence-electron chi connectivity index (χ1n) is 11.4. The summed E-state index contributed by atoms with van der Waals surface area (Å²) in [5.74, 6) is 3.22. The number of rotatable bonds is 7. The predicted molar refractivity (Wildman–Crippen MR) is 133 cm³/mol. The third-order valence-electron chi connectivity index (χ3n) is 5.83. The van der Waals surface area contributed by atoms with Crippen LogP contribution in [0.5, 0.6) is 5.75 Å². The number of carbonyl (C=O) groups is 1. The van der Waals surface area contributed by atoms with Gasteiger partial charge in [-0.2, -0.15) is 24.9 Å². The van der Waals surface area contributed by atoms with Gasteiger partial charge in [0.15, 0.2) is 11.7 Å². The van der Waals surface area contributed by atoms with Crippen LogP contribution >= 0.6 is 11.8 Å². The van der Waals surface area contributed by atoms with Gasteiger partial charge in [-0.3, -0.25) is 0 Å². The van der Waals surface area contributed by atoms with Crippen molar-refractivity contribution in [1.82, 2.24) is 15.2 Å². The van der Waals surface area contributed by atoms with Gasteiger partial charge in [-0.05, 0) is 29.8 Å². The summed E-state index contributed by atoms with van der Waals surface area (Å²) in [5, 5.41) is 6.16. The van der Waals surface area contributed by atoms with E-state index in [9.17, 15) is 18.0 Å². The molecule has 1 aliphatic rings. The molecule has 2 amide bonds. The predicted octanol–water partition coefficient (Wildman–Crippen LogP) is 5.59. The molecular weight excluding hydrogens is 493 g/mol. The number of alkyl halides is 3. The molecule has 0 aliphatic carbocycles. The number of anilines is 1. The minimum absolute atomic E-state index is 0.240. The number of hydrogen-bond acceptors (Lipinski definition) is 6. The topological polar surface area (TPSA) is 79.6 Å². The van der Waals surface area contributed by atoms with E-state index < -0.39 is 11.7 Å². The van der Waals surface area contributed by atoms with Crippen LogP contribution in [0.3, 0.4) is 0 Å². The van der Waals surface area contributed by atoms with Crippen LogP contribution in [0.25, 0.3) is 11.3 Å². The smallest absolute Gasteiger partial charge is 0.416 e. The highest BCUT2D eigenvalue weighted by Gasteiger charge is 2.32. The lowest BCUT2D eigenvalue weighted by molar-refractivity contribution is -0.137. The van der Waals surface area contributed by atoms with Gasteiger partial charge < -0.3 is 24.7 Å². The molecule has 1 unspecified atom stereocenters.